The maximum absolute atomic E-state index is 12.7. The van der Waals surface area contributed by atoms with Crippen molar-refractivity contribution in [2.75, 3.05) is 12.4 Å². The first-order valence-electron chi connectivity index (χ1n) is 9.39. The number of nitrogens with zero attached hydrogens (tertiary/aromatic N) is 1. The van der Waals surface area contributed by atoms with E-state index in [9.17, 15) is 24.0 Å². The van der Waals surface area contributed by atoms with Crippen LogP contribution in [0.1, 0.15) is 33.6 Å². The molecule has 0 fully saturated rings. The molecule has 1 aromatic heterocycles. The Morgan fingerprint density at radius 2 is 1.94 bits per heavy atom. The number of allylic oxidation sites excluding steroid dienone is 1. The lowest BCUT2D eigenvalue weighted by Gasteiger charge is -2.23. The molecule has 1 rings (SSSR count). The van der Waals surface area contributed by atoms with E-state index in [-0.39, 0.29) is 18.5 Å². The highest BCUT2D eigenvalue weighted by molar-refractivity contribution is 5.96. The number of rotatable bonds is 9. The first-order valence-corrected chi connectivity index (χ1v) is 9.39. The number of carbonyl (C=O) groups is 4. The van der Waals surface area contributed by atoms with Gasteiger partial charge in [-0.3, -0.25) is 14.4 Å². The van der Waals surface area contributed by atoms with Crippen molar-refractivity contribution in [2.24, 2.45) is 0 Å². The van der Waals surface area contributed by atoms with Crippen LogP contribution in [0.4, 0.5) is 10.5 Å². The van der Waals surface area contributed by atoms with Crippen molar-refractivity contribution >= 4 is 29.6 Å². The number of hydrogen-bond acceptors (Lipinski definition) is 7. The van der Waals surface area contributed by atoms with Gasteiger partial charge in [0.05, 0.1) is 7.11 Å². The summed E-state index contributed by atoms with van der Waals surface area (Å²) in [5.74, 6) is -2.49. The Labute approximate surface area is 179 Å². The van der Waals surface area contributed by atoms with E-state index in [2.05, 4.69) is 15.4 Å². The number of methoxy groups -OCH3 is 1. The van der Waals surface area contributed by atoms with Crippen LogP contribution in [0.25, 0.3) is 0 Å². The number of aromatic nitrogens is 1. The summed E-state index contributed by atoms with van der Waals surface area (Å²) < 4.78 is 10.6. The van der Waals surface area contributed by atoms with E-state index >= 15 is 0 Å². The van der Waals surface area contributed by atoms with Gasteiger partial charge in [-0.2, -0.15) is 0 Å². The fourth-order valence-corrected chi connectivity index (χ4v) is 2.35. The molecular weight excluding hydrogens is 410 g/mol. The third-order valence-corrected chi connectivity index (χ3v) is 3.67. The van der Waals surface area contributed by atoms with Crippen molar-refractivity contribution < 1.29 is 33.8 Å². The van der Waals surface area contributed by atoms with Gasteiger partial charge in [0.2, 0.25) is 5.91 Å². The highest BCUT2D eigenvalue weighted by atomic mass is 16.6. The van der Waals surface area contributed by atoms with Crippen LogP contribution in [0.2, 0.25) is 0 Å². The molecule has 11 heteroatoms. The molecule has 0 spiro atoms. The van der Waals surface area contributed by atoms with Gasteiger partial charge in [0, 0.05) is 12.3 Å². The number of aliphatic carboxylic acids is 1. The predicted octanol–water partition coefficient (Wildman–Crippen LogP) is 1.27. The van der Waals surface area contributed by atoms with Crippen LogP contribution in [0, 0.1) is 0 Å². The molecule has 0 aliphatic carbocycles. The second kappa shape index (κ2) is 11.5. The van der Waals surface area contributed by atoms with E-state index < -0.39 is 47.7 Å². The van der Waals surface area contributed by atoms with Gasteiger partial charge in [0.1, 0.15) is 23.9 Å². The van der Waals surface area contributed by atoms with Gasteiger partial charge in [-0.05, 0) is 45.7 Å². The number of ether oxygens (including phenoxy) is 2. The molecular formula is C20H27N3O8. The molecule has 0 aliphatic rings. The number of carboxylic acid groups (broad SMARTS) is 1. The van der Waals surface area contributed by atoms with Gasteiger partial charge in [0.15, 0.2) is 0 Å². The number of anilines is 1. The Hall–Kier alpha value is -3.63. The lowest BCUT2D eigenvalue weighted by molar-refractivity contribution is -0.138. The number of nitrogens with one attached hydrogen (secondary N) is 2. The molecule has 0 bridgehead atoms. The zero-order valence-corrected chi connectivity index (χ0v) is 17.8. The fourth-order valence-electron chi connectivity index (χ4n) is 2.35. The summed E-state index contributed by atoms with van der Waals surface area (Å²) in [6.07, 6.45) is 3.44. The summed E-state index contributed by atoms with van der Waals surface area (Å²) in [5, 5.41) is 13.7. The summed E-state index contributed by atoms with van der Waals surface area (Å²) in [4.78, 5) is 59.2. The summed E-state index contributed by atoms with van der Waals surface area (Å²) in [6.45, 7) is 4.42. The monoisotopic (exact) mass is 437 g/mol. The van der Waals surface area contributed by atoms with Crippen LogP contribution in [-0.2, 0) is 30.4 Å². The van der Waals surface area contributed by atoms with E-state index in [1.165, 1.54) is 37.6 Å². The third-order valence-electron chi connectivity index (χ3n) is 3.67. The maximum atomic E-state index is 12.7. The molecule has 0 aliphatic heterocycles. The normalized spacial score (nSPS) is 12.1. The van der Waals surface area contributed by atoms with Crippen molar-refractivity contribution in [2.45, 2.75) is 51.8 Å². The van der Waals surface area contributed by atoms with E-state index in [1.54, 1.807) is 20.8 Å². The number of carbonyl (C=O) groups excluding carboxylic acids is 3. The third kappa shape index (κ3) is 9.61. The highest BCUT2D eigenvalue weighted by Gasteiger charge is 2.24. The fraction of sp³-hybridized carbons (Fsp3) is 0.450. The molecule has 31 heavy (non-hydrogen) atoms. The minimum absolute atomic E-state index is 0.0920. The molecule has 11 nitrogen and oxygen atoms in total. The molecule has 0 saturated heterocycles. The molecule has 0 saturated carbocycles. The van der Waals surface area contributed by atoms with Crippen LogP contribution in [-0.4, -0.2) is 52.4 Å². The van der Waals surface area contributed by atoms with Crippen LogP contribution in [0.15, 0.2) is 35.3 Å². The molecule has 0 radical (unpaired) electrons. The molecule has 1 atom stereocenters. The van der Waals surface area contributed by atoms with Crippen molar-refractivity contribution in [3.05, 3.63) is 40.8 Å². The number of pyridine rings is 1. The lowest BCUT2D eigenvalue weighted by Crippen LogP contribution is -2.46. The molecule has 1 aromatic rings. The summed E-state index contributed by atoms with van der Waals surface area (Å²) in [6, 6.07) is 1.64. The zero-order chi connectivity index (χ0) is 23.6. The second-order valence-corrected chi connectivity index (χ2v) is 7.44. The molecule has 1 heterocycles. The Bertz CT molecular complexity index is 898. The van der Waals surface area contributed by atoms with Crippen molar-refractivity contribution in [1.82, 2.24) is 9.88 Å². The molecule has 2 amide bonds. The van der Waals surface area contributed by atoms with Crippen LogP contribution in [0.5, 0.6) is 0 Å². The van der Waals surface area contributed by atoms with Crippen molar-refractivity contribution in [3.63, 3.8) is 0 Å². The zero-order valence-electron chi connectivity index (χ0n) is 17.8. The first-order chi connectivity index (χ1) is 14.4. The molecule has 170 valence electrons. The van der Waals surface area contributed by atoms with Crippen LogP contribution in [0.3, 0.4) is 0 Å². The molecule has 3 N–H and O–H groups in total. The van der Waals surface area contributed by atoms with Gasteiger partial charge >= 0.3 is 18.0 Å². The second-order valence-electron chi connectivity index (χ2n) is 7.44. The number of alkyl carbamates (subject to hydrolysis) is 1. The van der Waals surface area contributed by atoms with E-state index in [0.29, 0.717) is 0 Å². The van der Waals surface area contributed by atoms with Crippen LogP contribution >= 0.6 is 0 Å². The number of esters is 1. The van der Waals surface area contributed by atoms with Gasteiger partial charge in [0.25, 0.3) is 5.56 Å². The van der Waals surface area contributed by atoms with Gasteiger partial charge < -0.3 is 29.8 Å². The highest BCUT2D eigenvalue weighted by Crippen LogP contribution is 2.09. The van der Waals surface area contributed by atoms with E-state index in [4.69, 9.17) is 9.84 Å². The Kier molecular flexibility index (Phi) is 9.45. The van der Waals surface area contributed by atoms with Gasteiger partial charge in [-0.15, -0.1) is 0 Å². The Morgan fingerprint density at radius 3 is 2.52 bits per heavy atom. The molecule has 0 aromatic carbocycles. The quantitative estimate of drug-likeness (QED) is 0.386. The van der Waals surface area contributed by atoms with Crippen molar-refractivity contribution in [3.8, 4) is 0 Å². The van der Waals surface area contributed by atoms with Crippen molar-refractivity contribution in [1.29, 1.82) is 0 Å². The average Bonchev–Trinajstić information content (AvgIpc) is 2.65. The summed E-state index contributed by atoms with van der Waals surface area (Å²) in [7, 11) is 1.23. The van der Waals surface area contributed by atoms with Gasteiger partial charge in [-0.1, -0.05) is 6.08 Å². The lowest BCUT2D eigenvalue weighted by atomic mass is 10.1. The Morgan fingerprint density at radius 1 is 1.26 bits per heavy atom. The van der Waals surface area contributed by atoms with E-state index in [0.717, 1.165) is 4.57 Å². The largest absolute Gasteiger partial charge is 0.480 e. The smallest absolute Gasteiger partial charge is 0.408 e. The number of hydrogen-bond donors (Lipinski definition) is 3. The topological polar surface area (TPSA) is 153 Å². The number of carboxylic acids is 1. The SMILES string of the molecule is COC(=O)/C=C/CCC(NC(=O)OC(C)(C)C)C(=O)Nc1cccn(CC(=O)O)c1=O. The minimum atomic E-state index is -1.22. The van der Waals surface area contributed by atoms with E-state index in [1.807, 2.05) is 0 Å². The number of amides is 2. The predicted molar refractivity (Wildman–Crippen MR) is 111 cm³/mol. The maximum Gasteiger partial charge on any atom is 0.408 e. The first kappa shape index (κ1) is 25.4. The minimum Gasteiger partial charge on any atom is -0.480 e. The Balaban J connectivity index is 2.97. The molecule has 1 unspecified atom stereocenters. The summed E-state index contributed by atoms with van der Waals surface area (Å²) >= 11 is 0. The standard InChI is InChI=1S/C20H27N3O8/c1-20(2,3)31-19(29)22-13(8-5-6-10-16(26)30-4)17(27)21-14-9-7-11-23(18(14)28)12-15(24)25/h6-7,9-11,13H,5,8,12H2,1-4H3,(H,21,27)(H,22,29)(H,24,25)/b10-6+. The summed E-state index contributed by atoms with van der Waals surface area (Å²) in [5.41, 5.74) is -1.64. The van der Waals surface area contributed by atoms with Crippen LogP contribution < -0.4 is 16.2 Å². The van der Waals surface area contributed by atoms with Gasteiger partial charge in [-0.25, -0.2) is 9.59 Å². The average molecular weight is 437 g/mol.